The average molecular weight is 183 g/mol. The first-order valence-corrected chi connectivity index (χ1v) is 3.89. The molecule has 0 spiro atoms. The summed E-state index contributed by atoms with van der Waals surface area (Å²) in [6, 6.07) is -0.209. The molecule has 72 valence electrons. The molecule has 1 unspecified atom stereocenters. The minimum absolute atomic E-state index is 0.209. The van der Waals surface area contributed by atoms with Gasteiger partial charge in [-0.3, -0.25) is 0 Å². The van der Waals surface area contributed by atoms with Gasteiger partial charge in [-0.05, 0) is 6.92 Å². The van der Waals surface area contributed by atoms with Crippen LogP contribution in [0, 0.1) is 0 Å². The number of hydrogen-bond acceptors (Lipinski definition) is 5. The molecule has 0 aromatic carbocycles. The van der Waals surface area contributed by atoms with Crippen molar-refractivity contribution in [1.29, 1.82) is 0 Å². The topological polar surface area (TPSA) is 70.3 Å². The van der Waals surface area contributed by atoms with E-state index in [2.05, 4.69) is 9.97 Å². The van der Waals surface area contributed by atoms with E-state index in [1.807, 2.05) is 0 Å². The molecule has 1 heterocycles. The molecule has 0 fully saturated rings. The van der Waals surface area contributed by atoms with E-state index in [9.17, 15) is 0 Å². The second-order valence-corrected chi connectivity index (χ2v) is 2.59. The van der Waals surface area contributed by atoms with Gasteiger partial charge in [-0.1, -0.05) is 0 Å². The van der Waals surface area contributed by atoms with Crippen LogP contribution in [0.4, 0.5) is 0 Å². The Morgan fingerprint density at radius 2 is 2.08 bits per heavy atom. The monoisotopic (exact) mass is 183 g/mol. The summed E-state index contributed by atoms with van der Waals surface area (Å²) < 4.78 is 9.98. The molecule has 1 rings (SSSR count). The third-order valence-corrected chi connectivity index (χ3v) is 1.56. The number of hydrogen-bond donors (Lipinski definition) is 1. The minimum atomic E-state index is -0.209. The van der Waals surface area contributed by atoms with Gasteiger partial charge in [0.05, 0.1) is 26.5 Å². The maximum atomic E-state index is 5.61. The van der Waals surface area contributed by atoms with E-state index < -0.39 is 0 Å². The fourth-order valence-electron chi connectivity index (χ4n) is 0.874. The van der Waals surface area contributed by atoms with E-state index in [0.717, 1.165) is 0 Å². The molecular weight excluding hydrogens is 170 g/mol. The molecule has 5 nitrogen and oxygen atoms in total. The van der Waals surface area contributed by atoms with Crippen molar-refractivity contribution in [2.24, 2.45) is 5.73 Å². The van der Waals surface area contributed by atoms with Gasteiger partial charge in [0.25, 0.3) is 5.88 Å². The Hall–Kier alpha value is -1.36. The van der Waals surface area contributed by atoms with E-state index in [-0.39, 0.29) is 6.04 Å². The predicted octanol–water partition coefficient (Wildman–Crippen LogP) is 0.513. The zero-order chi connectivity index (χ0) is 9.84. The first-order chi connectivity index (χ1) is 6.19. The first-order valence-electron chi connectivity index (χ1n) is 3.89. The Balaban J connectivity index is 3.05. The van der Waals surface area contributed by atoms with Gasteiger partial charge in [0.15, 0.2) is 5.75 Å². The van der Waals surface area contributed by atoms with Gasteiger partial charge in [0.2, 0.25) is 0 Å². The van der Waals surface area contributed by atoms with E-state index in [1.54, 1.807) is 13.1 Å². The third kappa shape index (κ3) is 2.06. The highest BCUT2D eigenvalue weighted by Gasteiger charge is 2.09. The molecule has 5 heteroatoms. The van der Waals surface area contributed by atoms with E-state index >= 15 is 0 Å². The fourth-order valence-corrected chi connectivity index (χ4v) is 0.874. The number of methoxy groups -OCH3 is 2. The Morgan fingerprint density at radius 1 is 1.38 bits per heavy atom. The molecule has 2 N–H and O–H groups in total. The summed E-state index contributed by atoms with van der Waals surface area (Å²) in [5.74, 6) is 1.45. The SMILES string of the molecule is COc1cnc(C(C)N)nc1OC. The van der Waals surface area contributed by atoms with Crippen molar-refractivity contribution in [2.75, 3.05) is 14.2 Å². The molecule has 0 aliphatic heterocycles. The third-order valence-electron chi connectivity index (χ3n) is 1.56. The summed E-state index contributed by atoms with van der Waals surface area (Å²) in [4.78, 5) is 8.09. The summed E-state index contributed by atoms with van der Waals surface area (Å²) in [6.07, 6.45) is 1.55. The second kappa shape index (κ2) is 4.04. The maximum Gasteiger partial charge on any atom is 0.260 e. The van der Waals surface area contributed by atoms with Gasteiger partial charge in [-0.15, -0.1) is 0 Å². The van der Waals surface area contributed by atoms with Gasteiger partial charge in [0.1, 0.15) is 5.82 Å². The lowest BCUT2D eigenvalue weighted by Gasteiger charge is -2.08. The summed E-state index contributed by atoms with van der Waals surface area (Å²) >= 11 is 0. The molecule has 0 bridgehead atoms. The summed E-state index contributed by atoms with van der Waals surface area (Å²) in [5.41, 5.74) is 5.61. The van der Waals surface area contributed by atoms with E-state index in [0.29, 0.717) is 17.5 Å². The Bertz CT molecular complexity index is 289. The Morgan fingerprint density at radius 3 is 2.54 bits per heavy atom. The molecule has 1 aromatic heterocycles. The molecule has 0 aliphatic carbocycles. The molecule has 1 aromatic rings. The van der Waals surface area contributed by atoms with Gasteiger partial charge in [0, 0.05) is 0 Å². The van der Waals surface area contributed by atoms with Crippen LogP contribution in [-0.4, -0.2) is 24.2 Å². The van der Waals surface area contributed by atoms with Crippen LogP contribution in [0.1, 0.15) is 18.8 Å². The summed E-state index contributed by atoms with van der Waals surface area (Å²) in [7, 11) is 3.06. The number of aromatic nitrogens is 2. The number of rotatable bonds is 3. The number of ether oxygens (including phenoxy) is 2. The smallest absolute Gasteiger partial charge is 0.260 e. The van der Waals surface area contributed by atoms with Crippen molar-refractivity contribution in [3.05, 3.63) is 12.0 Å². The van der Waals surface area contributed by atoms with Crippen molar-refractivity contribution >= 4 is 0 Å². The van der Waals surface area contributed by atoms with Gasteiger partial charge in [-0.2, -0.15) is 4.98 Å². The lowest BCUT2D eigenvalue weighted by Crippen LogP contribution is -2.10. The Labute approximate surface area is 76.9 Å². The van der Waals surface area contributed by atoms with Crippen LogP contribution in [-0.2, 0) is 0 Å². The van der Waals surface area contributed by atoms with Gasteiger partial charge >= 0.3 is 0 Å². The summed E-state index contributed by atoms with van der Waals surface area (Å²) in [6.45, 7) is 1.81. The normalized spacial score (nSPS) is 12.3. The van der Waals surface area contributed by atoms with Crippen molar-refractivity contribution in [2.45, 2.75) is 13.0 Å². The van der Waals surface area contributed by atoms with Gasteiger partial charge < -0.3 is 15.2 Å². The molecule has 0 aliphatic rings. The van der Waals surface area contributed by atoms with Crippen LogP contribution < -0.4 is 15.2 Å². The lowest BCUT2D eigenvalue weighted by atomic mass is 10.3. The van der Waals surface area contributed by atoms with E-state index in [1.165, 1.54) is 14.2 Å². The summed E-state index contributed by atoms with van der Waals surface area (Å²) in [5, 5.41) is 0. The highest BCUT2D eigenvalue weighted by molar-refractivity contribution is 5.30. The van der Waals surface area contributed by atoms with E-state index in [4.69, 9.17) is 15.2 Å². The van der Waals surface area contributed by atoms with Crippen LogP contribution in [0.2, 0.25) is 0 Å². The van der Waals surface area contributed by atoms with Crippen LogP contribution in [0.15, 0.2) is 6.20 Å². The van der Waals surface area contributed by atoms with Gasteiger partial charge in [-0.25, -0.2) is 4.98 Å². The molecule has 0 saturated carbocycles. The Kier molecular flexibility index (Phi) is 3.02. The number of nitrogens with zero attached hydrogens (tertiary/aromatic N) is 2. The van der Waals surface area contributed by atoms with Crippen LogP contribution in [0.5, 0.6) is 11.6 Å². The second-order valence-electron chi connectivity index (χ2n) is 2.59. The van der Waals surface area contributed by atoms with Crippen LogP contribution in [0.3, 0.4) is 0 Å². The zero-order valence-electron chi connectivity index (χ0n) is 7.94. The minimum Gasteiger partial charge on any atom is -0.490 e. The van der Waals surface area contributed by atoms with Crippen molar-refractivity contribution in [3.63, 3.8) is 0 Å². The molecule has 0 saturated heterocycles. The zero-order valence-corrected chi connectivity index (χ0v) is 7.94. The largest absolute Gasteiger partial charge is 0.490 e. The van der Waals surface area contributed by atoms with Crippen molar-refractivity contribution in [3.8, 4) is 11.6 Å². The quantitative estimate of drug-likeness (QED) is 0.739. The predicted molar refractivity (Wildman–Crippen MR) is 47.7 cm³/mol. The van der Waals surface area contributed by atoms with Crippen LogP contribution in [0.25, 0.3) is 0 Å². The number of nitrogens with two attached hydrogens (primary N) is 1. The van der Waals surface area contributed by atoms with Crippen LogP contribution >= 0.6 is 0 Å². The van der Waals surface area contributed by atoms with Crippen molar-refractivity contribution in [1.82, 2.24) is 9.97 Å². The first kappa shape index (κ1) is 9.73. The molecule has 0 amide bonds. The lowest BCUT2D eigenvalue weighted by molar-refractivity contribution is 0.338. The molecule has 13 heavy (non-hydrogen) atoms. The highest BCUT2D eigenvalue weighted by atomic mass is 16.5. The molecular formula is C8H13N3O2. The molecule has 1 atom stereocenters. The molecule has 0 radical (unpaired) electrons. The fraction of sp³-hybridized carbons (Fsp3) is 0.500. The average Bonchev–Trinajstić information content (AvgIpc) is 2.16. The highest BCUT2D eigenvalue weighted by Crippen LogP contribution is 2.23. The maximum absolute atomic E-state index is 5.61. The standard InChI is InChI=1S/C8H13N3O2/c1-5(9)7-10-4-6(12-2)8(11-7)13-3/h4-5H,9H2,1-3H3. The van der Waals surface area contributed by atoms with Crippen molar-refractivity contribution < 1.29 is 9.47 Å².